The third-order valence-electron chi connectivity index (χ3n) is 4.46. The smallest absolute Gasteiger partial charge is 0.323 e. The van der Waals surface area contributed by atoms with E-state index in [1.807, 2.05) is 6.92 Å². The molecule has 0 spiro atoms. The molecule has 3 unspecified atom stereocenters. The maximum atomic E-state index is 11.3. The minimum atomic E-state index is -0.767. The van der Waals surface area contributed by atoms with Crippen LogP contribution in [-0.2, 0) is 4.79 Å². The van der Waals surface area contributed by atoms with E-state index in [0.717, 1.165) is 18.5 Å². The number of aliphatic carboxylic acids is 1. The summed E-state index contributed by atoms with van der Waals surface area (Å²) >= 11 is 0. The highest BCUT2D eigenvalue weighted by Crippen LogP contribution is 2.37. The Morgan fingerprint density at radius 1 is 1.53 bits per heavy atom. The first-order chi connectivity index (χ1) is 8.05. The molecule has 0 amide bonds. The number of hydrogen-bond donors (Lipinski definition) is 2. The fraction of sp³-hybridized carbons (Fsp3) is 0.923. The van der Waals surface area contributed by atoms with E-state index in [4.69, 9.17) is 0 Å². The van der Waals surface area contributed by atoms with Gasteiger partial charge in [-0.3, -0.25) is 4.79 Å². The Morgan fingerprint density at radius 3 is 2.76 bits per heavy atom. The van der Waals surface area contributed by atoms with E-state index in [1.54, 1.807) is 6.92 Å². The quantitative estimate of drug-likeness (QED) is 0.735. The number of rotatable bonds is 6. The number of likely N-dealkylation sites (N-methyl/N-ethyl adjacent to an activating group) is 1. The summed E-state index contributed by atoms with van der Waals surface area (Å²) in [5.74, 6) is 0.152. The van der Waals surface area contributed by atoms with Crippen LogP contribution in [0.15, 0.2) is 0 Å². The average molecular weight is 240 g/mol. The molecule has 3 atom stereocenters. The van der Waals surface area contributed by atoms with Crippen molar-refractivity contribution in [1.29, 1.82) is 0 Å². The average Bonchev–Trinajstić information content (AvgIpc) is 2.88. The van der Waals surface area contributed by atoms with E-state index in [1.165, 1.54) is 25.8 Å². The van der Waals surface area contributed by atoms with Crippen LogP contribution in [0.2, 0.25) is 0 Å². The van der Waals surface area contributed by atoms with Gasteiger partial charge in [0.15, 0.2) is 0 Å². The lowest BCUT2D eigenvalue weighted by Gasteiger charge is -2.32. The predicted octanol–water partition coefficient (Wildman–Crippen LogP) is 1.31. The third-order valence-corrected chi connectivity index (χ3v) is 4.46. The summed E-state index contributed by atoms with van der Waals surface area (Å²) in [5, 5.41) is 12.4. The minimum Gasteiger partial charge on any atom is -0.480 e. The van der Waals surface area contributed by atoms with Gasteiger partial charge in [-0.15, -0.1) is 0 Å². The number of hydrogen-bond acceptors (Lipinski definition) is 3. The van der Waals surface area contributed by atoms with Crippen molar-refractivity contribution < 1.29 is 9.90 Å². The molecule has 1 aliphatic heterocycles. The molecule has 2 fully saturated rings. The van der Waals surface area contributed by atoms with Gasteiger partial charge in [-0.1, -0.05) is 6.92 Å². The molecule has 0 aromatic heterocycles. The topological polar surface area (TPSA) is 52.6 Å². The molecule has 17 heavy (non-hydrogen) atoms. The zero-order valence-corrected chi connectivity index (χ0v) is 10.9. The van der Waals surface area contributed by atoms with Crippen molar-refractivity contribution in [3.8, 4) is 0 Å². The van der Waals surface area contributed by atoms with Gasteiger partial charge in [0.25, 0.3) is 0 Å². The Bertz CT molecular complexity index is 295. The molecule has 4 nitrogen and oxygen atoms in total. The number of piperidine rings is 1. The Balaban J connectivity index is 1.85. The lowest BCUT2D eigenvalue weighted by Crippen LogP contribution is -2.51. The molecule has 98 valence electrons. The lowest BCUT2D eigenvalue weighted by atomic mass is 9.97. The van der Waals surface area contributed by atoms with Crippen LogP contribution in [0.5, 0.6) is 0 Å². The van der Waals surface area contributed by atoms with Crippen molar-refractivity contribution >= 4 is 5.97 Å². The molecule has 1 saturated carbocycles. The summed E-state index contributed by atoms with van der Waals surface area (Å²) in [7, 11) is 0. The number of carbonyl (C=O) groups is 1. The lowest BCUT2D eigenvalue weighted by molar-refractivity contribution is -0.144. The molecule has 0 aromatic carbocycles. The van der Waals surface area contributed by atoms with E-state index in [0.29, 0.717) is 13.0 Å². The normalized spacial score (nSPS) is 31.6. The Kier molecular flexibility index (Phi) is 3.73. The number of nitrogens with zero attached hydrogens (tertiary/aromatic N) is 1. The van der Waals surface area contributed by atoms with Crippen LogP contribution in [-0.4, -0.2) is 47.2 Å². The highest BCUT2D eigenvalue weighted by atomic mass is 16.4. The van der Waals surface area contributed by atoms with Crippen LogP contribution in [0, 0.1) is 5.92 Å². The van der Waals surface area contributed by atoms with Gasteiger partial charge in [0.2, 0.25) is 0 Å². The second-order valence-corrected chi connectivity index (χ2v) is 5.75. The van der Waals surface area contributed by atoms with Gasteiger partial charge < -0.3 is 15.3 Å². The molecule has 4 heteroatoms. The number of carboxylic acids is 1. The van der Waals surface area contributed by atoms with E-state index < -0.39 is 11.5 Å². The maximum absolute atomic E-state index is 11.3. The van der Waals surface area contributed by atoms with Crippen LogP contribution < -0.4 is 5.32 Å². The van der Waals surface area contributed by atoms with Gasteiger partial charge in [0, 0.05) is 19.1 Å². The Labute approximate surface area is 103 Å². The van der Waals surface area contributed by atoms with Crippen molar-refractivity contribution in [2.75, 3.05) is 19.6 Å². The summed E-state index contributed by atoms with van der Waals surface area (Å²) in [6.45, 7) is 6.56. The van der Waals surface area contributed by atoms with Gasteiger partial charge in [0.1, 0.15) is 5.54 Å². The monoisotopic (exact) mass is 240 g/mol. The standard InChI is InChI=1S/C13H24N2O2/c1-3-14-13(2,12(16)17)6-7-15-9-10-4-5-11(15)8-10/h10-11,14H,3-9H2,1-2H3,(H,16,17). The van der Waals surface area contributed by atoms with Crippen LogP contribution in [0.3, 0.4) is 0 Å². The number of nitrogens with one attached hydrogen (secondary N) is 1. The maximum Gasteiger partial charge on any atom is 0.323 e. The molecular formula is C13H24N2O2. The van der Waals surface area contributed by atoms with Crippen molar-refractivity contribution in [2.24, 2.45) is 5.92 Å². The Morgan fingerprint density at radius 2 is 2.29 bits per heavy atom. The molecule has 0 radical (unpaired) electrons. The van der Waals surface area contributed by atoms with Gasteiger partial charge >= 0.3 is 5.97 Å². The molecule has 1 aliphatic carbocycles. The second kappa shape index (κ2) is 4.94. The molecule has 2 bridgehead atoms. The molecule has 1 heterocycles. The first-order valence-corrected chi connectivity index (χ1v) is 6.77. The zero-order valence-electron chi connectivity index (χ0n) is 10.9. The largest absolute Gasteiger partial charge is 0.480 e. The highest BCUT2D eigenvalue weighted by Gasteiger charge is 2.39. The van der Waals surface area contributed by atoms with Gasteiger partial charge in [-0.05, 0) is 45.1 Å². The predicted molar refractivity (Wildman–Crippen MR) is 67.0 cm³/mol. The summed E-state index contributed by atoms with van der Waals surface area (Å²) in [6.07, 6.45) is 4.73. The number of likely N-dealkylation sites (tertiary alicyclic amines) is 1. The summed E-state index contributed by atoms with van der Waals surface area (Å²) in [6, 6.07) is 0.736. The van der Waals surface area contributed by atoms with E-state index in [-0.39, 0.29) is 0 Å². The first kappa shape index (κ1) is 12.8. The van der Waals surface area contributed by atoms with Crippen LogP contribution in [0.25, 0.3) is 0 Å². The van der Waals surface area contributed by atoms with Crippen molar-refractivity contribution in [3.05, 3.63) is 0 Å². The van der Waals surface area contributed by atoms with E-state index in [9.17, 15) is 9.90 Å². The summed E-state index contributed by atoms with van der Waals surface area (Å²) in [5.41, 5.74) is -0.767. The van der Waals surface area contributed by atoms with Gasteiger partial charge in [0.05, 0.1) is 0 Å². The molecule has 2 rings (SSSR count). The van der Waals surface area contributed by atoms with Crippen LogP contribution in [0.1, 0.15) is 39.5 Å². The van der Waals surface area contributed by atoms with Crippen LogP contribution in [0.4, 0.5) is 0 Å². The van der Waals surface area contributed by atoms with E-state index >= 15 is 0 Å². The zero-order chi connectivity index (χ0) is 12.5. The van der Waals surface area contributed by atoms with E-state index in [2.05, 4.69) is 10.2 Å². The molecule has 2 N–H and O–H groups in total. The molecular weight excluding hydrogens is 216 g/mol. The second-order valence-electron chi connectivity index (χ2n) is 5.75. The molecule has 1 saturated heterocycles. The minimum absolute atomic E-state index is 0.694. The van der Waals surface area contributed by atoms with Gasteiger partial charge in [-0.2, -0.15) is 0 Å². The SMILES string of the molecule is CCNC(C)(CCN1CC2CCC1C2)C(=O)O. The number of fused-ring (bicyclic) bond motifs is 2. The molecule has 2 aliphatic rings. The van der Waals surface area contributed by atoms with Crippen molar-refractivity contribution in [1.82, 2.24) is 10.2 Å². The van der Waals surface area contributed by atoms with Gasteiger partial charge in [-0.25, -0.2) is 0 Å². The fourth-order valence-corrected chi connectivity index (χ4v) is 3.33. The summed E-state index contributed by atoms with van der Waals surface area (Å²) in [4.78, 5) is 13.8. The third kappa shape index (κ3) is 2.63. The van der Waals surface area contributed by atoms with Crippen LogP contribution >= 0.6 is 0 Å². The van der Waals surface area contributed by atoms with Crippen molar-refractivity contribution in [3.63, 3.8) is 0 Å². The fourth-order valence-electron chi connectivity index (χ4n) is 3.33. The first-order valence-electron chi connectivity index (χ1n) is 6.77. The highest BCUT2D eigenvalue weighted by molar-refractivity contribution is 5.78. The molecule has 0 aromatic rings. The summed E-state index contributed by atoms with van der Waals surface area (Å²) < 4.78 is 0. The van der Waals surface area contributed by atoms with Crippen molar-refractivity contribution in [2.45, 2.75) is 51.1 Å². The Hall–Kier alpha value is -0.610. The number of carboxylic acid groups (broad SMARTS) is 1.